The molecule has 0 heterocycles. The largest absolute Gasteiger partial charge is 0.492 e. The van der Waals surface area contributed by atoms with Crippen molar-refractivity contribution in [2.75, 3.05) is 17.5 Å². The number of sulfonamides is 1. The third kappa shape index (κ3) is 8.12. The molecule has 3 aromatic carbocycles. The van der Waals surface area contributed by atoms with Gasteiger partial charge in [0.15, 0.2) is 0 Å². The molecule has 1 aliphatic rings. The topological polar surface area (TPSA) is 96.0 Å². The summed E-state index contributed by atoms with van der Waals surface area (Å²) in [6, 6.07) is 19.6. The van der Waals surface area contributed by atoms with Crippen LogP contribution in [0.15, 0.2) is 77.7 Å². The van der Waals surface area contributed by atoms with E-state index in [2.05, 4.69) is 5.32 Å². The average molecular weight is 640 g/mol. The Kier molecular flexibility index (Phi) is 11.7. The van der Waals surface area contributed by atoms with E-state index in [0.717, 1.165) is 42.0 Å². The van der Waals surface area contributed by atoms with E-state index in [1.54, 1.807) is 54.6 Å². The van der Waals surface area contributed by atoms with Gasteiger partial charge >= 0.3 is 0 Å². The Labute approximate surface area is 266 Å². The van der Waals surface area contributed by atoms with Crippen molar-refractivity contribution in [3.8, 4) is 5.75 Å². The second-order valence-corrected chi connectivity index (χ2v) is 13.4. The molecule has 2 amide bonds. The summed E-state index contributed by atoms with van der Waals surface area (Å²) in [5.74, 6) is -0.446. The van der Waals surface area contributed by atoms with Crippen LogP contribution in [0.3, 0.4) is 0 Å². The normalized spacial score (nSPS) is 14.5. The van der Waals surface area contributed by atoms with Gasteiger partial charge in [-0.2, -0.15) is 0 Å². The molecule has 44 heavy (non-hydrogen) atoms. The molecule has 0 spiro atoms. The zero-order valence-corrected chi connectivity index (χ0v) is 27.2. The monoisotopic (exact) mass is 639 g/mol. The summed E-state index contributed by atoms with van der Waals surface area (Å²) in [6.07, 6.45) is 5.39. The van der Waals surface area contributed by atoms with Crippen LogP contribution in [0.25, 0.3) is 0 Å². The number of nitrogens with zero attached hydrogens (tertiary/aromatic N) is 2. The third-order valence-corrected chi connectivity index (χ3v) is 10.1. The van der Waals surface area contributed by atoms with Crippen molar-refractivity contribution in [1.29, 1.82) is 0 Å². The highest BCUT2D eigenvalue weighted by Crippen LogP contribution is 2.33. The zero-order valence-electron chi connectivity index (χ0n) is 25.7. The Morgan fingerprint density at radius 3 is 2.27 bits per heavy atom. The second kappa shape index (κ2) is 15.4. The van der Waals surface area contributed by atoms with Crippen molar-refractivity contribution >= 4 is 39.1 Å². The molecular formula is C34H42ClN3O5S. The molecule has 1 N–H and O–H groups in total. The van der Waals surface area contributed by atoms with Gasteiger partial charge in [-0.25, -0.2) is 8.42 Å². The minimum absolute atomic E-state index is 0.0423. The Hall–Kier alpha value is -3.56. The van der Waals surface area contributed by atoms with Crippen LogP contribution in [0.5, 0.6) is 5.75 Å². The maximum atomic E-state index is 14.4. The number of benzene rings is 3. The van der Waals surface area contributed by atoms with Gasteiger partial charge in [0.2, 0.25) is 11.8 Å². The second-order valence-electron chi connectivity index (χ2n) is 11.1. The molecule has 0 saturated heterocycles. The smallest absolute Gasteiger partial charge is 0.264 e. The first-order valence-corrected chi connectivity index (χ1v) is 17.1. The molecule has 10 heteroatoms. The lowest BCUT2D eigenvalue weighted by atomic mass is 9.95. The van der Waals surface area contributed by atoms with Gasteiger partial charge in [0, 0.05) is 17.6 Å². The number of carbonyl (C=O) groups excluding carboxylic acids is 2. The van der Waals surface area contributed by atoms with E-state index in [0.29, 0.717) is 29.4 Å². The van der Waals surface area contributed by atoms with Gasteiger partial charge in [0.1, 0.15) is 18.3 Å². The fourth-order valence-electron chi connectivity index (χ4n) is 5.57. The molecule has 1 saturated carbocycles. The van der Waals surface area contributed by atoms with Crippen LogP contribution >= 0.6 is 11.6 Å². The number of para-hydroxylation sites is 2. The van der Waals surface area contributed by atoms with Crippen molar-refractivity contribution in [2.24, 2.45) is 0 Å². The zero-order chi connectivity index (χ0) is 31.7. The first-order valence-electron chi connectivity index (χ1n) is 15.3. The number of amides is 2. The lowest BCUT2D eigenvalue weighted by Crippen LogP contribution is -2.54. The molecule has 1 aliphatic carbocycles. The first kappa shape index (κ1) is 33.3. The molecule has 1 atom stereocenters. The number of anilines is 1. The van der Waals surface area contributed by atoms with Gasteiger partial charge in [-0.15, -0.1) is 0 Å². The van der Waals surface area contributed by atoms with Gasteiger partial charge in [-0.1, -0.05) is 85.8 Å². The predicted molar refractivity (Wildman–Crippen MR) is 174 cm³/mol. The van der Waals surface area contributed by atoms with Crippen molar-refractivity contribution in [3.63, 3.8) is 0 Å². The molecule has 0 bridgehead atoms. The highest BCUT2D eigenvalue weighted by molar-refractivity contribution is 7.92. The van der Waals surface area contributed by atoms with Gasteiger partial charge in [-0.3, -0.25) is 13.9 Å². The Bertz CT molecular complexity index is 1520. The van der Waals surface area contributed by atoms with E-state index in [9.17, 15) is 18.0 Å². The van der Waals surface area contributed by atoms with E-state index in [1.165, 1.54) is 17.0 Å². The highest BCUT2D eigenvalue weighted by atomic mass is 35.5. The van der Waals surface area contributed by atoms with Crippen molar-refractivity contribution in [2.45, 2.75) is 82.8 Å². The minimum Gasteiger partial charge on any atom is -0.492 e. The highest BCUT2D eigenvalue weighted by Gasteiger charge is 2.35. The number of hydrogen-bond acceptors (Lipinski definition) is 5. The van der Waals surface area contributed by atoms with Gasteiger partial charge in [0.05, 0.1) is 17.2 Å². The van der Waals surface area contributed by atoms with E-state index >= 15 is 0 Å². The molecule has 0 aromatic heterocycles. The van der Waals surface area contributed by atoms with Crippen LogP contribution in [0, 0.1) is 6.92 Å². The predicted octanol–water partition coefficient (Wildman–Crippen LogP) is 6.50. The van der Waals surface area contributed by atoms with E-state index in [-0.39, 0.29) is 29.1 Å². The van der Waals surface area contributed by atoms with Crippen LogP contribution in [-0.2, 0) is 26.2 Å². The number of rotatable bonds is 13. The molecule has 8 nitrogen and oxygen atoms in total. The van der Waals surface area contributed by atoms with E-state index in [1.807, 2.05) is 26.8 Å². The summed E-state index contributed by atoms with van der Waals surface area (Å²) in [5, 5.41) is 3.62. The lowest BCUT2D eigenvalue weighted by molar-refractivity contribution is -0.140. The van der Waals surface area contributed by atoms with Crippen molar-refractivity contribution in [3.05, 3.63) is 88.9 Å². The fourth-order valence-corrected chi connectivity index (χ4v) is 7.19. The maximum absolute atomic E-state index is 14.4. The summed E-state index contributed by atoms with van der Waals surface area (Å²) in [7, 11) is -4.22. The summed E-state index contributed by atoms with van der Waals surface area (Å²) in [4.78, 5) is 29.6. The Morgan fingerprint density at radius 2 is 1.61 bits per heavy atom. The van der Waals surface area contributed by atoms with Crippen LogP contribution in [0.1, 0.15) is 63.5 Å². The summed E-state index contributed by atoms with van der Waals surface area (Å²) in [6.45, 7) is 5.34. The number of hydrogen-bond donors (Lipinski definition) is 1. The number of nitrogens with one attached hydrogen (secondary N) is 1. The van der Waals surface area contributed by atoms with Gasteiger partial charge in [0.25, 0.3) is 10.0 Å². The number of carbonyl (C=O) groups is 2. The molecule has 0 aliphatic heterocycles. The van der Waals surface area contributed by atoms with E-state index < -0.39 is 28.5 Å². The quantitative estimate of drug-likeness (QED) is 0.230. The molecule has 236 valence electrons. The molecule has 1 fully saturated rings. The third-order valence-electron chi connectivity index (χ3n) is 7.96. The standard InChI is InChI=1S/C34H42ClN3O5S/c1-4-30(34(40)36-27-14-7-6-8-15-27)37(23-26-13-9-10-16-29(26)35)33(39)24-38(31-17-11-12-18-32(31)43-5-2)44(41,42)28-21-19-25(3)20-22-28/h9-13,16-22,27,30H,4-8,14-15,23-24H2,1-3H3,(H,36,40). The first-order chi connectivity index (χ1) is 21.1. The fraction of sp³-hybridized carbons (Fsp3) is 0.412. The van der Waals surface area contributed by atoms with Crippen molar-refractivity contribution < 1.29 is 22.7 Å². The van der Waals surface area contributed by atoms with Crippen LogP contribution in [0.2, 0.25) is 5.02 Å². The molecule has 0 radical (unpaired) electrons. The molecule has 3 aromatic rings. The van der Waals surface area contributed by atoms with Gasteiger partial charge < -0.3 is 15.0 Å². The number of ether oxygens (including phenoxy) is 1. The van der Waals surface area contributed by atoms with Crippen LogP contribution < -0.4 is 14.4 Å². The molecule has 4 rings (SSSR count). The molecule has 1 unspecified atom stereocenters. The molecular weight excluding hydrogens is 598 g/mol. The van der Waals surface area contributed by atoms with Crippen molar-refractivity contribution in [1.82, 2.24) is 10.2 Å². The minimum atomic E-state index is -4.22. The summed E-state index contributed by atoms with van der Waals surface area (Å²) in [5.41, 5.74) is 1.80. The number of aryl methyl sites for hydroxylation is 1. The summed E-state index contributed by atoms with van der Waals surface area (Å²) >= 11 is 6.52. The summed E-state index contributed by atoms with van der Waals surface area (Å²) < 4.78 is 35.3. The van der Waals surface area contributed by atoms with Crippen LogP contribution in [0.4, 0.5) is 5.69 Å². The van der Waals surface area contributed by atoms with Gasteiger partial charge in [-0.05, 0) is 69.0 Å². The number of halogens is 1. The Morgan fingerprint density at radius 1 is 0.955 bits per heavy atom. The van der Waals surface area contributed by atoms with E-state index in [4.69, 9.17) is 16.3 Å². The SMILES string of the molecule is CCOc1ccccc1N(CC(=O)N(Cc1ccccc1Cl)C(CC)C(=O)NC1CCCCC1)S(=O)(=O)c1ccc(C)cc1. The maximum Gasteiger partial charge on any atom is 0.264 e. The average Bonchev–Trinajstić information content (AvgIpc) is 3.02. The Balaban J connectivity index is 1.75. The van der Waals surface area contributed by atoms with Crippen LogP contribution in [-0.4, -0.2) is 50.4 Å². The lowest BCUT2D eigenvalue weighted by Gasteiger charge is -2.35.